The predicted octanol–water partition coefficient (Wildman–Crippen LogP) is 6.88. The number of hydrogen-bond donors (Lipinski definition) is 0. The second-order valence-corrected chi connectivity index (χ2v) is 10.1. The molecule has 0 saturated heterocycles. The van der Waals surface area contributed by atoms with Crippen molar-refractivity contribution in [1.29, 1.82) is 0 Å². The van der Waals surface area contributed by atoms with Gasteiger partial charge >= 0.3 is 0 Å². The van der Waals surface area contributed by atoms with Crippen molar-refractivity contribution < 1.29 is 19.2 Å². The number of carbonyl (C=O) groups excluding carboxylic acids is 2. The molecule has 0 heterocycles. The lowest BCUT2D eigenvalue weighted by Gasteiger charge is -2.42. The number of nitro groups is 1. The summed E-state index contributed by atoms with van der Waals surface area (Å²) in [7, 11) is 0. The van der Waals surface area contributed by atoms with Gasteiger partial charge in [-0.25, -0.2) is 0 Å². The van der Waals surface area contributed by atoms with E-state index in [1.54, 1.807) is 0 Å². The third-order valence-corrected chi connectivity index (χ3v) is 7.42. The van der Waals surface area contributed by atoms with Crippen LogP contribution in [-0.4, -0.2) is 40.2 Å². The van der Waals surface area contributed by atoms with Gasteiger partial charge in [0.15, 0.2) is 5.78 Å². The summed E-state index contributed by atoms with van der Waals surface area (Å²) >= 11 is 6.08. The quantitative estimate of drug-likeness (QED) is 0.145. The van der Waals surface area contributed by atoms with Crippen LogP contribution < -0.4 is 4.74 Å². The van der Waals surface area contributed by atoms with E-state index in [-0.39, 0.29) is 22.0 Å². The molecule has 34 heavy (non-hydrogen) atoms. The molecule has 1 aromatic carbocycles. The van der Waals surface area contributed by atoms with Crippen LogP contribution in [-0.2, 0) is 4.79 Å². The number of Topliss-reactive ketones (excluding diaryl/α,β-unsaturated/α-hetero) is 1. The topological polar surface area (TPSA) is 89.8 Å². The Bertz CT molecular complexity index is 845. The van der Waals surface area contributed by atoms with Crippen LogP contribution in [0.1, 0.15) is 107 Å². The van der Waals surface area contributed by atoms with E-state index in [0.29, 0.717) is 31.0 Å². The van der Waals surface area contributed by atoms with Gasteiger partial charge in [0.05, 0.1) is 22.6 Å². The molecule has 3 rings (SSSR count). The molecule has 2 saturated carbocycles. The monoisotopic (exact) mass is 492 g/mol. The number of ether oxygens (including phenoxy) is 1. The summed E-state index contributed by atoms with van der Waals surface area (Å²) in [6.45, 7) is 1.62. The molecule has 2 fully saturated rings. The molecule has 0 unspecified atom stereocenters. The molecule has 0 aliphatic heterocycles. The van der Waals surface area contributed by atoms with E-state index in [9.17, 15) is 19.7 Å². The van der Waals surface area contributed by atoms with Crippen LogP contribution in [0.2, 0.25) is 5.02 Å². The van der Waals surface area contributed by atoms with E-state index in [4.69, 9.17) is 16.3 Å². The molecule has 0 bridgehead atoms. The van der Waals surface area contributed by atoms with Crippen molar-refractivity contribution in [2.75, 3.05) is 6.61 Å². The highest BCUT2D eigenvalue weighted by molar-refractivity contribution is 6.34. The van der Waals surface area contributed by atoms with Crippen LogP contribution in [0.5, 0.6) is 5.75 Å². The summed E-state index contributed by atoms with van der Waals surface area (Å²) in [6.07, 6.45) is 15.0. The van der Waals surface area contributed by atoms with Crippen LogP contribution in [0.3, 0.4) is 0 Å². The zero-order chi connectivity index (χ0) is 24.5. The molecule has 7 nitrogen and oxygen atoms in total. The Balaban J connectivity index is 1.46. The van der Waals surface area contributed by atoms with Gasteiger partial charge in [-0.1, -0.05) is 50.1 Å². The molecule has 0 aromatic heterocycles. The minimum atomic E-state index is -0.620. The summed E-state index contributed by atoms with van der Waals surface area (Å²) in [4.78, 5) is 37.8. The van der Waals surface area contributed by atoms with Crippen molar-refractivity contribution in [3.05, 3.63) is 32.8 Å². The third kappa shape index (κ3) is 7.17. The van der Waals surface area contributed by atoms with Gasteiger partial charge < -0.3 is 9.64 Å². The van der Waals surface area contributed by atoms with E-state index in [1.165, 1.54) is 57.6 Å². The molecular formula is C26H37ClN2O5. The predicted molar refractivity (Wildman–Crippen MR) is 133 cm³/mol. The highest BCUT2D eigenvalue weighted by atomic mass is 35.5. The smallest absolute Gasteiger partial charge is 0.285 e. The number of amides is 1. The van der Waals surface area contributed by atoms with Crippen LogP contribution in [0, 0.1) is 10.1 Å². The molecular weight excluding hydrogens is 456 g/mol. The van der Waals surface area contributed by atoms with Gasteiger partial charge in [0.2, 0.25) is 5.91 Å². The lowest BCUT2D eigenvalue weighted by Crippen LogP contribution is -2.48. The summed E-state index contributed by atoms with van der Waals surface area (Å²) in [5.74, 6) is 0.129. The molecule has 2 aliphatic carbocycles. The maximum atomic E-state index is 13.2. The average molecular weight is 493 g/mol. The van der Waals surface area contributed by atoms with Crippen molar-refractivity contribution in [3.63, 3.8) is 0 Å². The first-order valence-corrected chi connectivity index (χ1v) is 13.2. The summed E-state index contributed by atoms with van der Waals surface area (Å²) in [5, 5.41) is 11.3. The van der Waals surface area contributed by atoms with Gasteiger partial charge in [-0.3, -0.25) is 19.7 Å². The lowest BCUT2D eigenvalue weighted by atomic mass is 9.88. The second-order valence-electron chi connectivity index (χ2n) is 9.66. The number of benzene rings is 1. The SMILES string of the molecule is CC(=O)c1c(Cl)cc(OCCCCCC(=O)N(C2CCCCC2)C2CCCCC2)cc1[N+](=O)[O-]. The zero-order valence-electron chi connectivity index (χ0n) is 20.2. The summed E-state index contributed by atoms with van der Waals surface area (Å²) in [5.41, 5.74) is -0.441. The maximum Gasteiger partial charge on any atom is 0.285 e. The number of hydrogen-bond acceptors (Lipinski definition) is 5. The fourth-order valence-electron chi connectivity index (χ4n) is 5.44. The third-order valence-electron chi connectivity index (χ3n) is 7.12. The normalized spacial score (nSPS) is 17.4. The van der Waals surface area contributed by atoms with Crippen LogP contribution in [0.25, 0.3) is 0 Å². The molecule has 1 aromatic rings. The molecule has 2 aliphatic rings. The van der Waals surface area contributed by atoms with Crippen molar-refractivity contribution in [1.82, 2.24) is 4.90 Å². The minimum absolute atomic E-state index is 0.0211. The van der Waals surface area contributed by atoms with E-state index < -0.39 is 10.7 Å². The number of nitro benzene ring substituents is 1. The van der Waals surface area contributed by atoms with E-state index in [0.717, 1.165) is 44.9 Å². The van der Waals surface area contributed by atoms with Gasteiger partial charge in [-0.05, 0) is 51.9 Å². The first-order valence-electron chi connectivity index (χ1n) is 12.8. The molecule has 0 N–H and O–H groups in total. The fraction of sp³-hybridized carbons (Fsp3) is 0.692. The van der Waals surface area contributed by atoms with Crippen LogP contribution >= 0.6 is 11.6 Å². The molecule has 8 heteroatoms. The van der Waals surface area contributed by atoms with Crippen molar-refractivity contribution in [2.24, 2.45) is 0 Å². The Kier molecular flexibility index (Phi) is 10.2. The number of unbranched alkanes of at least 4 members (excludes halogenated alkanes) is 2. The molecule has 1 amide bonds. The Morgan fingerprint density at radius 2 is 1.59 bits per heavy atom. The number of halogens is 1. The highest BCUT2D eigenvalue weighted by Crippen LogP contribution is 2.33. The van der Waals surface area contributed by atoms with E-state index in [1.807, 2.05) is 0 Å². The van der Waals surface area contributed by atoms with Gasteiger partial charge in [0.1, 0.15) is 11.3 Å². The van der Waals surface area contributed by atoms with Gasteiger partial charge in [-0.15, -0.1) is 0 Å². The van der Waals surface area contributed by atoms with Crippen LogP contribution in [0.4, 0.5) is 5.69 Å². The van der Waals surface area contributed by atoms with E-state index >= 15 is 0 Å². The Hall–Kier alpha value is -2.15. The number of ketones is 1. The lowest BCUT2D eigenvalue weighted by molar-refractivity contribution is -0.385. The van der Waals surface area contributed by atoms with Crippen molar-refractivity contribution in [2.45, 2.75) is 109 Å². The number of carbonyl (C=O) groups is 2. The molecule has 188 valence electrons. The first kappa shape index (κ1) is 26.5. The first-order chi connectivity index (χ1) is 16.4. The maximum absolute atomic E-state index is 13.2. The highest BCUT2D eigenvalue weighted by Gasteiger charge is 2.32. The Labute approximate surface area is 207 Å². The van der Waals surface area contributed by atoms with Crippen molar-refractivity contribution in [3.8, 4) is 5.75 Å². The second kappa shape index (κ2) is 13.1. The van der Waals surface area contributed by atoms with Gasteiger partial charge in [0.25, 0.3) is 5.69 Å². The summed E-state index contributed by atoms with van der Waals surface area (Å²) < 4.78 is 5.66. The molecule has 0 radical (unpaired) electrons. The number of rotatable bonds is 11. The largest absolute Gasteiger partial charge is 0.493 e. The van der Waals surface area contributed by atoms with E-state index in [2.05, 4.69) is 4.90 Å². The van der Waals surface area contributed by atoms with Gasteiger partial charge in [0, 0.05) is 24.6 Å². The Morgan fingerprint density at radius 1 is 1.00 bits per heavy atom. The minimum Gasteiger partial charge on any atom is -0.493 e. The number of nitrogens with zero attached hydrogens (tertiary/aromatic N) is 2. The average Bonchev–Trinajstić information content (AvgIpc) is 2.82. The Morgan fingerprint density at radius 3 is 2.12 bits per heavy atom. The standard InChI is InChI=1S/C26H37ClN2O5/c1-19(30)26-23(27)17-22(18-24(26)29(32)33)34-16-10-4-9-15-25(31)28(20-11-5-2-6-12-20)21-13-7-3-8-14-21/h17-18,20-21H,2-16H2,1H3. The van der Waals surface area contributed by atoms with Crippen LogP contribution in [0.15, 0.2) is 12.1 Å². The molecule has 0 atom stereocenters. The fourth-order valence-corrected chi connectivity index (χ4v) is 5.78. The van der Waals surface area contributed by atoms with Crippen molar-refractivity contribution >= 4 is 29.0 Å². The van der Waals surface area contributed by atoms with Gasteiger partial charge in [-0.2, -0.15) is 0 Å². The summed E-state index contributed by atoms with van der Waals surface area (Å²) in [6, 6.07) is 3.54. The zero-order valence-corrected chi connectivity index (χ0v) is 21.0. The molecule has 0 spiro atoms.